The molecule has 7 heteroatoms. The molecule has 1 heterocycles. The number of hydrogen-bond donors (Lipinski definition) is 1. The average molecular weight is 425 g/mol. The Morgan fingerprint density at radius 3 is 2.53 bits per heavy atom. The van der Waals surface area contributed by atoms with Crippen LogP contribution in [0.5, 0.6) is 0 Å². The molecule has 3 aromatic rings. The van der Waals surface area contributed by atoms with Crippen molar-refractivity contribution in [3.63, 3.8) is 0 Å². The van der Waals surface area contributed by atoms with Crippen LogP contribution in [-0.4, -0.2) is 40.9 Å². The van der Waals surface area contributed by atoms with E-state index in [0.29, 0.717) is 18.7 Å². The number of hydrogen-bond acceptors (Lipinski definition) is 5. The molecular weight excluding hydrogens is 396 g/mol. The Bertz CT molecular complexity index is 983. The molecule has 0 saturated carbocycles. The zero-order valence-electron chi connectivity index (χ0n) is 17.9. The highest BCUT2D eigenvalue weighted by Crippen LogP contribution is 2.29. The van der Waals surface area contributed by atoms with E-state index in [-0.39, 0.29) is 11.8 Å². The lowest BCUT2D eigenvalue weighted by Gasteiger charge is -2.14. The quantitative estimate of drug-likeness (QED) is 0.408. The Hall–Kier alpha value is -2.64. The molecule has 30 heavy (non-hydrogen) atoms. The number of aryl methyl sites for hydroxylation is 1. The third-order valence-electron chi connectivity index (χ3n) is 4.71. The summed E-state index contributed by atoms with van der Waals surface area (Å²) in [5.41, 5.74) is 4.06. The van der Waals surface area contributed by atoms with Crippen LogP contribution in [0.3, 0.4) is 0 Å². The Kier molecular flexibility index (Phi) is 7.65. The normalized spacial score (nSPS) is 11.1. The molecule has 158 valence electrons. The Balaban J connectivity index is 1.73. The minimum absolute atomic E-state index is 0.0906. The highest BCUT2D eigenvalue weighted by Gasteiger charge is 2.18. The van der Waals surface area contributed by atoms with Gasteiger partial charge in [0.25, 0.3) is 5.91 Å². The summed E-state index contributed by atoms with van der Waals surface area (Å²) in [6, 6.07) is 15.9. The van der Waals surface area contributed by atoms with E-state index in [1.54, 1.807) is 18.9 Å². The van der Waals surface area contributed by atoms with Crippen LogP contribution in [0.1, 0.15) is 47.1 Å². The van der Waals surface area contributed by atoms with Gasteiger partial charge in [-0.3, -0.25) is 9.36 Å². The summed E-state index contributed by atoms with van der Waals surface area (Å²) < 4.78 is 7.11. The molecule has 6 nitrogen and oxygen atoms in total. The fourth-order valence-electron chi connectivity index (χ4n) is 3.06. The van der Waals surface area contributed by atoms with Gasteiger partial charge in [-0.05, 0) is 36.2 Å². The van der Waals surface area contributed by atoms with Gasteiger partial charge in [0.2, 0.25) is 0 Å². The van der Waals surface area contributed by atoms with Crippen LogP contribution in [0.25, 0.3) is 5.69 Å². The molecule has 0 fully saturated rings. The van der Waals surface area contributed by atoms with Crippen LogP contribution in [0, 0.1) is 6.92 Å². The van der Waals surface area contributed by atoms with Gasteiger partial charge in [-0.2, -0.15) is 0 Å². The number of aromatic nitrogens is 3. The molecule has 0 aliphatic carbocycles. The summed E-state index contributed by atoms with van der Waals surface area (Å²) in [5.74, 6) is 1.87. The molecule has 0 unspecified atom stereocenters. The summed E-state index contributed by atoms with van der Waals surface area (Å²) in [6.07, 6.45) is 0. The van der Waals surface area contributed by atoms with Crippen molar-refractivity contribution in [3.05, 3.63) is 71.0 Å². The van der Waals surface area contributed by atoms with Crippen LogP contribution in [0.2, 0.25) is 0 Å². The van der Waals surface area contributed by atoms with E-state index in [4.69, 9.17) is 4.74 Å². The standard InChI is InChI=1S/C23H28N4O2S/c1-16(2)21-25-26-23(27(21)20-8-6-5-7-17(20)3)30-15-18-9-11-19(12-10-18)22(28)24-13-14-29-4/h5-12,16H,13-15H2,1-4H3,(H,24,28). The highest BCUT2D eigenvalue weighted by atomic mass is 32.2. The lowest BCUT2D eigenvalue weighted by atomic mass is 10.1. The van der Waals surface area contributed by atoms with E-state index < -0.39 is 0 Å². The molecule has 3 rings (SSSR count). The second-order valence-corrected chi connectivity index (χ2v) is 8.29. The van der Waals surface area contributed by atoms with Gasteiger partial charge in [-0.1, -0.05) is 55.9 Å². The maximum atomic E-state index is 12.1. The van der Waals surface area contributed by atoms with Crippen LogP contribution in [-0.2, 0) is 10.5 Å². The van der Waals surface area contributed by atoms with Crippen LogP contribution >= 0.6 is 11.8 Å². The van der Waals surface area contributed by atoms with E-state index in [9.17, 15) is 4.79 Å². The number of rotatable bonds is 9. The first-order chi connectivity index (χ1) is 14.5. The van der Waals surface area contributed by atoms with E-state index >= 15 is 0 Å². The Labute approximate surface area is 182 Å². The first-order valence-electron chi connectivity index (χ1n) is 10.0. The third kappa shape index (κ3) is 5.29. The van der Waals surface area contributed by atoms with Gasteiger partial charge in [0, 0.05) is 30.9 Å². The molecule has 0 bridgehead atoms. The number of thioether (sulfide) groups is 1. The second kappa shape index (κ2) is 10.4. The number of carbonyl (C=O) groups is 1. The molecule has 0 spiro atoms. The number of benzene rings is 2. The lowest BCUT2D eigenvalue weighted by molar-refractivity contribution is 0.0937. The largest absolute Gasteiger partial charge is 0.383 e. The lowest BCUT2D eigenvalue weighted by Crippen LogP contribution is -2.26. The fourth-order valence-corrected chi connectivity index (χ4v) is 3.97. The van der Waals surface area contributed by atoms with Gasteiger partial charge < -0.3 is 10.1 Å². The summed E-state index contributed by atoms with van der Waals surface area (Å²) in [4.78, 5) is 12.1. The van der Waals surface area contributed by atoms with Gasteiger partial charge in [-0.25, -0.2) is 0 Å². The van der Waals surface area contributed by atoms with Crippen LogP contribution < -0.4 is 5.32 Å². The second-order valence-electron chi connectivity index (χ2n) is 7.35. The molecule has 0 aliphatic heterocycles. The summed E-state index contributed by atoms with van der Waals surface area (Å²) in [6.45, 7) is 7.36. The Morgan fingerprint density at radius 1 is 1.13 bits per heavy atom. The SMILES string of the molecule is COCCNC(=O)c1ccc(CSc2nnc(C(C)C)n2-c2ccccc2C)cc1. The van der Waals surface area contributed by atoms with Crippen LogP contribution in [0.15, 0.2) is 53.7 Å². The maximum absolute atomic E-state index is 12.1. The van der Waals surface area contributed by atoms with Crippen LogP contribution in [0.4, 0.5) is 0 Å². The topological polar surface area (TPSA) is 69.0 Å². The molecule has 0 aliphatic rings. The highest BCUT2D eigenvalue weighted by molar-refractivity contribution is 7.98. The van der Waals surface area contributed by atoms with Crippen molar-refractivity contribution in [1.82, 2.24) is 20.1 Å². The molecule has 1 aromatic heterocycles. The first-order valence-corrected chi connectivity index (χ1v) is 11.0. The summed E-state index contributed by atoms with van der Waals surface area (Å²) in [5, 5.41) is 12.6. The number of amides is 1. The summed E-state index contributed by atoms with van der Waals surface area (Å²) in [7, 11) is 1.61. The monoisotopic (exact) mass is 424 g/mol. The maximum Gasteiger partial charge on any atom is 0.251 e. The average Bonchev–Trinajstić information content (AvgIpc) is 3.17. The predicted molar refractivity (Wildman–Crippen MR) is 120 cm³/mol. The van der Waals surface area contributed by atoms with Crippen molar-refractivity contribution >= 4 is 17.7 Å². The number of ether oxygens (including phenoxy) is 1. The number of para-hydroxylation sites is 1. The predicted octanol–water partition coefficient (Wildman–Crippen LogP) is 4.37. The van der Waals surface area contributed by atoms with Crippen molar-refractivity contribution in [3.8, 4) is 5.69 Å². The number of carbonyl (C=O) groups excluding carboxylic acids is 1. The van der Waals surface area contributed by atoms with Crippen molar-refractivity contribution in [2.45, 2.75) is 37.6 Å². The first kappa shape index (κ1) is 22.1. The van der Waals surface area contributed by atoms with Crippen molar-refractivity contribution in [2.24, 2.45) is 0 Å². The van der Waals surface area contributed by atoms with E-state index in [0.717, 1.165) is 28.0 Å². The molecule has 1 N–H and O–H groups in total. The minimum atomic E-state index is -0.0906. The summed E-state index contributed by atoms with van der Waals surface area (Å²) >= 11 is 1.65. The molecule has 0 saturated heterocycles. The van der Waals surface area contributed by atoms with Gasteiger partial charge in [0.15, 0.2) is 5.16 Å². The fraction of sp³-hybridized carbons (Fsp3) is 0.348. The molecular formula is C23H28N4O2S. The zero-order valence-corrected chi connectivity index (χ0v) is 18.7. The number of nitrogens with zero attached hydrogens (tertiary/aromatic N) is 3. The number of nitrogens with one attached hydrogen (secondary N) is 1. The Morgan fingerprint density at radius 2 is 1.87 bits per heavy atom. The van der Waals surface area contributed by atoms with Gasteiger partial charge in [0.05, 0.1) is 12.3 Å². The molecule has 1 amide bonds. The molecule has 0 radical (unpaired) electrons. The van der Waals surface area contributed by atoms with Gasteiger partial charge >= 0.3 is 0 Å². The minimum Gasteiger partial charge on any atom is -0.383 e. The van der Waals surface area contributed by atoms with Crippen molar-refractivity contribution < 1.29 is 9.53 Å². The van der Waals surface area contributed by atoms with E-state index in [1.807, 2.05) is 36.4 Å². The molecule has 0 atom stereocenters. The molecule has 2 aromatic carbocycles. The van der Waals surface area contributed by atoms with Crippen molar-refractivity contribution in [1.29, 1.82) is 0 Å². The van der Waals surface area contributed by atoms with Gasteiger partial charge in [-0.15, -0.1) is 10.2 Å². The zero-order chi connectivity index (χ0) is 21.5. The van der Waals surface area contributed by atoms with E-state index in [2.05, 4.69) is 53.0 Å². The third-order valence-corrected chi connectivity index (χ3v) is 5.71. The van der Waals surface area contributed by atoms with Crippen molar-refractivity contribution in [2.75, 3.05) is 20.3 Å². The van der Waals surface area contributed by atoms with Gasteiger partial charge in [0.1, 0.15) is 5.82 Å². The smallest absolute Gasteiger partial charge is 0.251 e. The van der Waals surface area contributed by atoms with E-state index in [1.165, 1.54) is 5.56 Å². The number of methoxy groups -OCH3 is 1.